The van der Waals surface area contributed by atoms with E-state index in [9.17, 15) is 14.7 Å². The monoisotopic (exact) mass is 410 g/mol. The molecule has 0 aliphatic carbocycles. The van der Waals surface area contributed by atoms with Crippen molar-refractivity contribution in [3.05, 3.63) is 59.7 Å². The molecule has 3 rings (SSSR count). The van der Waals surface area contributed by atoms with Gasteiger partial charge in [0.1, 0.15) is 11.5 Å². The minimum absolute atomic E-state index is 0.0238. The molecule has 1 heterocycles. The second-order valence-electron chi connectivity index (χ2n) is 8.11. The van der Waals surface area contributed by atoms with Crippen molar-refractivity contribution in [1.29, 1.82) is 0 Å². The number of hydrogen-bond donors (Lipinski definition) is 2. The summed E-state index contributed by atoms with van der Waals surface area (Å²) in [5.41, 5.74) is 1.93. The molecule has 1 saturated heterocycles. The molecule has 0 bridgehead atoms. The summed E-state index contributed by atoms with van der Waals surface area (Å²) >= 11 is 0. The Morgan fingerprint density at radius 2 is 1.60 bits per heavy atom. The van der Waals surface area contributed by atoms with Crippen LogP contribution in [0.4, 0.5) is 0 Å². The van der Waals surface area contributed by atoms with Crippen LogP contribution in [0.3, 0.4) is 0 Å². The molecule has 0 aromatic heterocycles. The third kappa shape index (κ3) is 5.53. The van der Waals surface area contributed by atoms with Gasteiger partial charge in [-0.05, 0) is 67.6 Å². The first-order chi connectivity index (χ1) is 14.3. The number of hydrogen-bond acceptors (Lipinski definition) is 4. The first-order valence-electron chi connectivity index (χ1n) is 10.5. The van der Waals surface area contributed by atoms with E-state index in [1.165, 1.54) is 17.7 Å². The molecule has 2 N–H and O–H groups in total. The van der Waals surface area contributed by atoms with Crippen LogP contribution < -0.4 is 10.1 Å². The van der Waals surface area contributed by atoms with Gasteiger partial charge in [0.2, 0.25) is 0 Å². The Kier molecular flexibility index (Phi) is 6.98. The zero-order chi connectivity index (χ0) is 21.7. The SMILES string of the molecule is CC(Oc1ccc(O)cc1)C(=O)NC1CCN(C(=O)c2ccc(C(C)C)cc2)CC1. The highest BCUT2D eigenvalue weighted by Crippen LogP contribution is 2.19. The first kappa shape index (κ1) is 21.7. The van der Waals surface area contributed by atoms with Gasteiger partial charge in [0.05, 0.1) is 0 Å². The van der Waals surface area contributed by atoms with Crippen molar-refractivity contribution in [1.82, 2.24) is 10.2 Å². The lowest BCUT2D eigenvalue weighted by atomic mass is 10.0. The smallest absolute Gasteiger partial charge is 0.260 e. The first-order valence-corrected chi connectivity index (χ1v) is 10.5. The minimum Gasteiger partial charge on any atom is -0.508 e. The second kappa shape index (κ2) is 9.65. The van der Waals surface area contributed by atoms with Crippen LogP contribution in [0, 0.1) is 0 Å². The van der Waals surface area contributed by atoms with Crippen molar-refractivity contribution in [3.8, 4) is 11.5 Å². The van der Waals surface area contributed by atoms with E-state index in [-0.39, 0.29) is 23.6 Å². The number of likely N-dealkylation sites (tertiary alicyclic amines) is 1. The van der Waals surface area contributed by atoms with Crippen LogP contribution in [-0.2, 0) is 4.79 Å². The highest BCUT2D eigenvalue weighted by molar-refractivity contribution is 5.94. The molecular weight excluding hydrogens is 380 g/mol. The number of amides is 2. The van der Waals surface area contributed by atoms with Crippen LogP contribution in [0.2, 0.25) is 0 Å². The van der Waals surface area contributed by atoms with E-state index in [1.807, 2.05) is 29.2 Å². The number of benzene rings is 2. The lowest BCUT2D eigenvalue weighted by molar-refractivity contribution is -0.128. The fraction of sp³-hybridized carbons (Fsp3) is 0.417. The highest BCUT2D eigenvalue weighted by atomic mass is 16.5. The number of aromatic hydroxyl groups is 1. The van der Waals surface area contributed by atoms with E-state index < -0.39 is 6.10 Å². The van der Waals surface area contributed by atoms with Crippen LogP contribution in [0.5, 0.6) is 11.5 Å². The Hall–Kier alpha value is -3.02. The lowest BCUT2D eigenvalue weighted by Crippen LogP contribution is -2.49. The van der Waals surface area contributed by atoms with E-state index in [4.69, 9.17) is 4.74 Å². The van der Waals surface area contributed by atoms with Crippen molar-refractivity contribution in [3.63, 3.8) is 0 Å². The number of phenolic OH excluding ortho intramolecular Hbond substituents is 1. The highest BCUT2D eigenvalue weighted by Gasteiger charge is 2.26. The van der Waals surface area contributed by atoms with Gasteiger partial charge in [-0.2, -0.15) is 0 Å². The molecule has 6 nitrogen and oxygen atoms in total. The molecule has 1 fully saturated rings. The molecule has 2 aromatic rings. The van der Waals surface area contributed by atoms with Gasteiger partial charge in [-0.25, -0.2) is 0 Å². The minimum atomic E-state index is -0.645. The Balaban J connectivity index is 1.47. The van der Waals surface area contributed by atoms with E-state index >= 15 is 0 Å². The number of ether oxygens (including phenoxy) is 1. The number of rotatable bonds is 6. The Bertz CT molecular complexity index is 854. The van der Waals surface area contributed by atoms with Crippen molar-refractivity contribution in [2.24, 2.45) is 0 Å². The molecule has 1 unspecified atom stereocenters. The Labute approximate surface area is 177 Å². The molecule has 2 aromatic carbocycles. The maximum absolute atomic E-state index is 12.7. The summed E-state index contributed by atoms with van der Waals surface area (Å²) < 4.78 is 5.63. The largest absolute Gasteiger partial charge is 0.508 e. The van der Waals surface area contributed by atoms with Crippen molar-refractivity contribution >= 4 is 11.8 Å². The average Bonchev–Trinajstić information content (AvgIpc) is 2.75. The van der Waals surface area contributed by atoms with E-state index in [0.29, 0.717) is 43.2 Å². The van der Waals surface area contributed by atoms with Crippen LogP contribution in [0.25, 0.3) is 0 Å². The van der Waals surface area contributed by atoms with Gasteiger partial charge in [0.15, 0.2) is 6.10 Å². The Morgan fingerprint density at radius 1 is 1.00 bits per heavy atom. The van der Waals surface area contributed by atoms with Crippen LogP contribution in [-0.4, -0.2) is 47.1 Å². The molecule has 0 saturated carbocycles. The Morgan fingerprint density at radius 3 is 2.17 bits per heavy atom. The summed E-state index contributed by atoms with van der Waals surface area (Å²) in [5, 5.41) is 12.3. The summed E-state index contributed by atoms with van der Waals surface area (Å²) in [7, 11) is 0. The fourth-order valence-corrected chi connectivity index (χ4v) is 3.52. The molecule has 1 aliphatic heterocycles. The number of nitrogens with zero attached hydrogens (tertiary/aromatic N) is 1. The number of carbonyl (C=O) groups excluding carboxylic acids is 2. The molecule has 1 aliphatic rings. The average molecular weight is 411 g/mol. The number of phenols is 1. The summed E-state index contributed by atoms with van der Waals surface area (Å²) in [4.78, 5) is 27.0. The van der Waals surface area contributed by atoms with Crippen molar-refractivity contribution < 1.29 is 19.4 Å². The molecule has 2 amide bonds. The van der Waals surface area contributed by atoms with E-state index in [0.717, 1.165) is 0 Å². The predicted molar refractivity (Wildman–Crippen MR) is 116 cm³/mol. The topological polar surface area (TPSA) is 78.9 Å². The lowest BCUT2D eigenvalue weighted by Gasteiger charge is -2.33. The zero-order valence-electron chi connectivity index (χ0n) is 17.8. The van der Waals surface area contributed by atoms with Crippen LogP contribution >= 0.6 is 0 Å². The molecule has 160 valence electrons. The number of piperidine rings is 1. The third-order valence-corrected chi connectivity index (χ3v) is 5.47. The van der Waals surface area contributed by atoms with Gasteiger partial charge < -0.3 is 20.1 Å². The molecule has 0 spiro atoms. The number of nitrogens with one attached hydrogen (secondary N) is 1. The van der Waals surface area contributed by atoms with Gasteiger partial charge in [-0.15, -0.1) is 0 Å². The molecule has 6 heteroatoms. The van der Waals surface area contributed by atoms with Gasteiger partial charge in [-0.1, -0.05) is 26.0 Å². The summed E-state index contributed by atoms with van der Waals surface area (Å²) in [6.07, 6.45) is 0.787. The van der Waals surface area contributed by atoms with Crippen LogP contribution in [0.15, 0.2) is 48.5 Å². The maximum atomic E-state index is 12.7. The van der Waals surface area contributed by atoms with Gasteiger partial charge >= 0.3 is 0 Å². The quantitative estimate of drug-likeness (QED) is 0.761. The van der Waals surface area contributed by atoms with Gasteiger partial charge in [0.25, 0.3) is 11.8 Å². The van der Waals surface area contributed by atoms with Crippen molar-refractivity contribution in [2.75, 3.05) is 13.1 Å². The standard InChI is InChI=1S/C24H30N2O4/c1-16(2)18-4-6-19(7-5-18)24(29)26-14-12-20(13-15-26)25-23(28)17(3)30-22-10-8-21(27)9-11-22/h4-11,16-17,20,27H,12-15H2,1-3H3,(H,25,28). The summed E-state index contributed by atoms with van der Waals surface area (Å²) in [5.74, 6) is 0.973. The summed E-state index contributed by atoms with van der Waals surface area (Å²) in [6, 6.07) is 14.1. The molecule has 30 heavy (non-hydrogen) atoms. The van der Waals surface area contributed by atoms with Gasteiger partial charge in [-0.3, -0.25) is 9.59 Å². The molecular formula is C24H30N2O4. The second-order valence-corrected chi connectivity index (χ2v) is 8.11. The molecule has 0 radical (unpaired) electrons. The van der Waals surface area contributed by atoms with E-state index in [2.05, 4.69) is 19.2 Å². The molecule has 1 atom stereocenters. The maximum Gasteiger partial charge on any atom is 0.260 e. The third-order valence-electron chi connectivity index (χ3n) is 5.47. The van der Waals surface area contributed by atoms with E-state index in [1.54, 1.807) is 19.1 Å². The zero-order valence-corrected chi connectivity index (χ0v) is 17.8. The van der Waals surface area contributed by atoms with Crippen molar-refractivity contribution in [2.45, 2.75) is 51.7 Å². The van der Waals surface area contributed by atoms with Gasteiger partial charge in [0, 0.05) is 24.7 Å². The number of carbonyl (C=O) groups is 2. The fourth-order valence-electron chi connectivity index (χ4n) is 3.52. The normalized spacial score (nSPS) is 15.7. The summed E-state index contributed by atoms with van der Waals surface area (Å²) in [6.45, 7) is 7.19. The van der Waals surface area contributed by atoms with Crippen LogP contribution in [0.1, 0.15) is 55.5 Å². The predicted octanol–water partition coefficient (Wildman–Crippen LogP) is 3.70.